The number of piperidine rings is 1. The number of benzene rings is 2. The summed E-state index contributed by atoms with van der Waals surface area (Å²) in [6.45, 7) is 5.71. The number of carbonyl (C=O) groups is 4. The normalized spacial score (nSPS) is 17.9. The molecule has 3 heterocycles. The van der Waals surface area contributed by atoms with Gasteiger partial charge in [0.1, 0.15) is 11.6 Å². The number of rotatable bonds is 6. The molecule has 250 valence electrons. The van der Waals surface area contributed by atoms with Crippen molar-refractivity contribution in [1.29, 1.82) is 0 Å². The first-order valence-corrected chi connectivity index (χ1v) is 15.9. The van der Waals surface area contributed by atoms with E-state index in [-0.39, 0.29) is 35.1 Å². The molecule has 1 unspecified atom stereocenters. The number of aromatic nitrogens is 2. The molecule has 0 aliphatic carbocycles. The maximum absolute atomic E-state index is 13.6. The van der Waals surface area contributed by atoms with E-state index in [0.717, 1.165) is 11.0 Å². The predicted octanol–water partition coefficient (Wildman–Crippen LogP) is 6.98. The van der Waals surface area contributed by atoms with Gasteiger partial charge in [-0.1, -0.05) is 23.7 Å². The van der Waals surface area contributed by atoms with Crippen molar-refractivity contribution in [2.75, 3.05) is 20.2 Å². The molecule has 2 saturated heterocycles. The molecule has 2 aliphatic heterocycles. The average molecular weight is 693 g/mol. The Bertz CT molecular complexity index is 1760. The predicted molar refractivity (Wildman–Crippen MR) is 169 cm³/mol. The molecule has 1 atom stereocenters. The highest BCUT2D eigenvalue weighted by molar-refractivity contribution is 8.18. The monoisotopic (exact) mass is 692 g/mol. The van der Waals surface area contributed by atoms with Gasteiger partial charge in [0, 0.05) is 23.5 Å². The minimum Gasteiger partial charge on any atom is -0.467 e. The van der Waals surface area contributed by atoms with Gasteiger partial charge < -0.3 is 14.4 Å². The van der Waals surface area contributed by atoms with Gasteiger partial charge in [-0.05, 0) is 92.8 Å². The van der Waals surface area contributed by atoms with Crippen molar-refractivity contribution in [3.05, 3.63) is 69.2 Å². The molecular formula is C32H32ClF3N4O6S. The summed E-state index contributed by atoms with van der Waals surface area (Å²) in [6.07, 6.45) is -1.36. The fourth-order valence-electron chi connectivity index (χ4n) is 5.66. The number of nitrogens with zero attached hydrogens (tertiary/aromatic N) is 4. The van der Waals surface area contributed by atoms with Gasteiger partial charge in [0.15, 0.2) is 0 Å². The standard InChI is InChI=1S/C32H32ClF3N4O6S/c1-31(2,3)46-29(43)38-11-9-19(10-12-38)26(28(42)45-4)40-27(41)25(47-30(40)44)14-18-5-8-24-21(13-18)16-37-39(24)17-20-6-7-22(33)15-23(20)32(34,35)36/h5-8,13-16,19,26H,9-12,17H2,1-4H3/b25-14-. The maximum Gasteiger partial charge on any atom is 0.416 e. The van der Waals surface area contributed by atoms with Gasteiger partial charge in [0.25, 0.3) is 11.1 Å². The summed E-state index contributed by atoms with van der Waals surface area (Å²) in [5, 5.41) is 4.22. The molecule has 3 amide bonds. The van der Waals surface area contributed by atoms with Gasteiger partial charge >= 0.3 is 18.2 Å². The number of likely N-dealkylation sites (tertiary alicyclic amines) is 1. The number of alkyl halides is 3. The fraction of sp³-hybridized carbons (Fsp3) is 0.406. The highest BCUT2D eigenvalue weighted by atomic mass is 35.5. The molecule has 0 N–H and O–H groups in total. The number of hydrogen-bond donors (Lipinski definition) is 0. The summed E-state index contributed by atoms with van der Waals surface area (Å²) in [4.78, 5) is 54.8. The third-order valence-electron chi connectivity index (χ3n) is 7.84. The van der Waals surface area contributed by atoms with Gasteiger partial charge in [-0.15, -0.1) is 0 Å². The Balaban J connectivity index is 1.33. The van der Waals surface area contributed by atoms with Crippen molar-refractivity contribution in [3.8, 4) is 0 Å². The molecule has 10 nitrogen and oxygen atoms in total. The number of fused-ring (bicyclic) bond motifs is 1. The molecule has 5 rings (SSSR count). The second-order valence-corrected chi connectivity index (χ2v) is 13.7. The number of thioether (sulfide) groups is 1. The number of esters is 1. The van der Waals surface area contributed by atoms with Crippen molar-refractivity contribution < 1.29 is 41.8 Å². The molecule has 1 aromatic heterocycles. The third-order valence-corrected chi connectivity index (χ3v) is 8.96. The Kier molecular flexibility index (Phi) is 9.65. The van der Waals surface area contributed by atoms with E-state index in [9.17, 15) is 32.3 Å². The smallest absolute Gasteiger partial charge is 0.416 e. The van der Waals surface area contributed by atoms with Gasteiger partial charge in [-0.2, -0.15) is 18.3 Å². The van der Waals surface area contributed by atoms with Gasteiger partial charge in [0.2, 0.25) is 0 Å². The highest BCUT2D eigenvalue weighted by Gasteiger charge is 2.47. The third kappa shape index (κ3) is 7.59. The lowest BCUT2D eigenvalue weighted by molar-refractivity contribution is -0.151. The zero-order chi connectivity index (χ0) is 34.3. The zero-order valence-electron chi connectivity index (χ0n) is 26.0. The summed E-state index contributed by atoms with van der Waals surface area (Å²) in [5.41, 5.74) is -0.410. The topological polar surface area (TPSA) is 111 Å². The van der Waals surface area contributed by atoms with E-state index in [1.807, 2.05) is 0 Å². The molecule has 0 saturated carbocycles. The Labute approximate surface area is 277 Å². The van der Waals surface area contributed by atoms with Gasteiger partial charge in [0.05, 0.1) is 35.8 Å². The number of imide groups is 1. The van der Waals surface area contributed by atoms with Crippen LogP contribution in [0.25, 0.3) is 17.0 Å². The molecule has 2 aliphatic rings. The van der Waals surface area contributed by atoms with E-state index in [2.05, 4.69) is 5.10 Å². The molecule has 0 bridgehead atoms. The van der Waals surface area contributed by atoms with Crippen LogP contribution in [0.5, 0.6) is 0 Å². The summed E-state index contributed by atoms with van der Waals surface area (Å²) in [5.74, 6) is -1.81. The van der Waals surface area contributed by atoms with Crippen molar-refractivity contribution in [3.63, 3.8) is 0 Å². The molecular weight excluding hydrogens is 661 g/mol. The quantitative estimate of drug-likeness (QED) is 0.201. The van der Waals surface area contributed by atoms with Crippen molar-refractivity contribution in [1.82, 2.24) is 19.6 Å². The Morgan fingerprint density at radius 2 is 1.81 bits per heavy atom. The van der Waals surface area contributed by atoms with Gasteiger partial charge in [-0.25, -0.2) is 9.59 Å². The van der Waals surface area contributed by atoms with Crippen molar-refractivity contribution >= 4 is 63.6 Å². The lowest BCUT2D eigenvalue weighted by atomic mass is 9.88. The van der Waals surface area contributed by atoms with Crippen LogP contribution in [0.15, 0.2) is 47.5 Å². The second kappa shape index (κ2) is 13.2. The zero-order valence-corrected chi connectivity index (χ0v) is 27.5. The molecule has 0 spiro atoms. The van der Waals surface area contributed by atoms with E-state index in [1.54, 1.807) is 39.0 Å². The second-order valence-electron chi connectivity index (χ2n) is 12.2. The molecule has 47 heavy (non-hydrogen) atoms. The Hall–Kier alpha value is -4.04. The number of carbonyl (C=O) groups excluding carboxylic acids is 4. The largest absolute Gasteiger partial charge is 0.467 e. The summed E-state index contributed by atoms with van der Waals surface area (Å²) >= 11 is 6.50. The number of amides is 3. The first-order valence-electron chi connectivity index (χ1n) is 14.7. The number of hydrogen-bond acceptors (Lipinski definition) is 8. The minimum absolute atomic E-state index is 0.000301. The Morgan fingerprint density at radius 1 is 1.11 bits per heavy atom. The number of halogens is 4. The average Bonchev–Trinajstić information content (AvgIpc) is 3.51. The van der Waals surface area contributed by atoms with E-state index < -0.39 is 52.5 Å². The SMILES string of the molecule is COC(=O)C(C1CCN(C(=O)OC(C)(C)C)CC1)N1C(=O)S/C(=C\c2ccc3c(cnn3Cc3ccc(Cl)cc3C(F)(F)F)c2)C1=O. The van der Waals surface area contributed by atoms with E-state index in [4.69, 9.17) is 21.1 Å². The fourth-order valence-corrected chi connectivity index (χ4v) is 6.69. The molecule has 2 fully saturated rings. The number of ether oxygens (including phenoxy) is 2. The maximum atomic E-state index is 13.6. The van der Waals surface area contributed by atoms with Crippen LogP contribution >= 0.6 is 23.4 Å². The van der Waals surface area contributed by atoms with E-state index in [0.29, 0.717) is 41.1 Å². The van der Waals surface area contributed by atoms with Crippen LogP contribution < -0.4 is 0 Å². The lowest BCUT2D eigenvalue weighted by Crippen LogP contribution is -2.52. The molecule has 15 heteroatoms. The van der Waals surface area contributed by atoms with Crippen LogP contribution in [-0.2, 0) is 31.8 Å². The summed E-state index contributed by atoms with van der Waals surface area (Å²) < 4.78 is 52.7. The van der Waals surface area contributed by atoms with Crippen molar-refractivity contribution in [2.24, 2.45) is 5.92 Å². The van der Waals surface area contributed by atoms with Crippen LogP contribution in [-0.4, -0.2) is 74.6 Å². The van der Waals surface area contributed by atoms with Crippen LogP contribution in [0.3, 0.4) is 0 Å². The van der Waals surface area contributed by atoms with Crippen LogP contribution in [0.4, 0.5) is 22.8 Å². The summed E-state index contributed by atoms with van der Waals surface area (Å²) in [6, 6.07) is 7.43. The Morgan fingerprint density at radius 3 is 2.45 bits per heavy atom. The van der Waals surface area contributed by atoms with Crippen LogP contribution in [0, 0.1) is 5.92 Å². The molecule has 2 aromatic carbocycles. The van der Waals surface area contributed by atoms with E-state index in [1.165, 1.54) is 41.1 Å². The van der Waals surface area contributed by atoms with E-state index >= 15 is 0 Å². The summed E-state index contributed by atoms with van der Waals surface area (Å²) in [7, 11) is 1.19. The van der Waals surface area contributed by atoms with Gasteiger partial charge in [-0.3, -0.25) is 19.2 Å². The highest BCUT2D eigenvalue weighted by Crippen LogP contribution is 2.38. The molecule has 0 radical (unpaired) electrons. The van der Waals surface area contributed by atoms with Crippen LogP contribution in [0.1, 0.15) is 50.3 Å². The number of methoxy groups -OCH3 is 1. The minimum atomic E-state index is -4.59. The lowest BCUT2D eigenvalue weighted by Gasteiger charge is -2.37. The molecule has 3 aromatic rings. The van der Waals surface area contributed by atoms with Crippen molar-refractivity contribution in [2.45, 2.75) is 58.0 Å². The first kappa shape index (κ1) is 34.3. The van der Waals surface area contributed by atoms with Crippen LogP contribution in [0.2, 0.25) is 5.02 Å². The first-order chi connectivity index (χ1) is 22.1.